The van der Waals surface area contributed by atoms with Gasteiger partial charge in [-0.2, -0.15) is 0 Å². The number of carboxylic acids is 1. The van der Waals surface area contributed by atoms with Crippen molar-refractivity contribution in [2.24, 2.45) is 11.7 Å². The lowest BCUT2D eigenvalue weighted by molar-refractivity contribution is -0.148. The van der Waals surface area contributed by atoms with Crippen LogP contribution in [0.1, 0.15) is 99.0 Å². The van der Waals surface area contributed by atoms with E-state index in [-0.39, 0.29) is 31.1 Å². The van der Waals surface area contributed by atoms with E-state index in [1.807, 2.05) is 20.8 Å². The molecule has 0 amide bonds. The van der Waals surface area contributed by atoms with E-state index in [0.29, 0.717) is 24.8 Å². The average Bonchev–Trinajstić information content (AvgIpc) is 2.93. The molecule has 0 fully saturated rings. The average molecular weight is 612 g/mol. The zero-order valence-corrected chi connectivity index (χ0v) is 26.6. The predicted octanol–water partition coefficient (Wildman–Crippen LogP) is 6.79. The molecule has 0 aliphatic carbocycles. The van der Waals surface area contributed by atoms with Crippen molar-refractivity contribution in [1.29, 1.82) is 0 Å². The molecular formula is C31H49NO11. The number of benzene rings is 1. The van der Waals surface area contributed by atoms with Gasteiger partial charge in [0.15, 0.2) is 11.5 Å². The summed E-state index contributed by atoms with van der Waals surface area (Å²) in [7, 11) is 0. The fourth-order valence-corrected chi connectivity index (χ4v) is 3.84. The molecule has 0 unspecified atom stereocenters. The fraction of sp³-hybridized carbons (Fsp3) is 0.677. The van der Waals surface area contributed by atoms with Gasteiger partial charge in [-0.3, -0.25) is 4.79 Å². The predicted molar refractivity (Wildman–Crippen MR) is 158 cm³/mol. The van der Waals surface area contributed by atoms with Gasteiger partial charge < -0.3 is 39.3 Å². The Balaban J connectivity index is 3.19. The van der Waals surface area contributed by atoms with Crippen LogP contribution in [0.25, 0.3) is 0 Å². The van der Waals surface area contributed by atoms with Crippen LogP contribution in [0.3, 0.4) is 0 Å². The molecule has 12 heteroatoms. The van der Waals surface area contributed by atoms with Gasteiger partial charge in [-0.15, -0.1) is 0 Å². The maximum atomic E-state index is 12.4. The van der Waals surface area contributed by atoms with Crippen molar-refractivity contribution in [2.45, 2.75) is 117 Å². The van der Waals surface area contributed by atoms with Crippen molar-refractivity contribution in [3.05, 3.63) is 23.8 Å². The summed E-state index contributed by atoms with van der Waals surface area (Å²) >= 11 is 0. The first-order chi connectivity index (χ1) is 20.2. The molecule has 0 bridgehead atoms. The number of carbonyl (C=O) groups is 4. The molecule has 0 aliphatic heterocycles. The summed E-state index contributed by atoms with van der Waals surface area (Å²) in [5.74, 6) is -2.53. The molecule has 1 aromatic rings. The van der Waals surface area contributed by atoms with Gasteiger partial charge in [0.25, 0.3) is 0 Å². The highest BCUT2D eigenvalue weighted by Crippen LogP contribution is 2.33. The molecule has 0 heterocycles. The SMILES string of the molecule is CCCCCOC(=O)Oc1ccc(C[C@](N)(C(=O)O)[C@H](C)[C@H](C)OC(=O)OC(C)(C)CC)cc1OC(=O)OCCCCC. The minimum atomic E-state index is -1.92. The second-order valence-electron chi connectivity index (χ2n) is 11.2. The molecule has 43 heavy (non-hydrogen) atoms. The molecule has 3 atom stereocenters. The van der Waals surface area contributed by atoms with Crippen molar-refractivity contribution >= 4 is 24.4 Å². The molecule has 1 aromatic carbocycles. The molecule has 0 saturated heterocycles. The first-order valence-corrected chi connectivity index (χ1v) is 14.9. The molecule has 0 spiro atoms. The van der Waals surface area contributed by atoms with Crippen molar-refractivity contribution in [3.8, 4) is 11.5 Å². The highest BCUT2D eigenvalue weighted by atomic mass is 16.7. The van der Waals surface area contributed by atoms with Gasteiger partial charge in [0.1, 0.15) is 17.2 Å². The lowest BCUT2D eigenvalue weighted by Gasteiger charge is -2.35. The Labute approximate surface area is 254 Å². The number of aliphatic carboxylic acids is 1. The van der Waals surface area contributed by atoms with Gasteiger partial charge in [0.2, 0.25) is 0 Å². The number of ether oxygens (including phenoxy) is 6. The zero-order chi connectivity index (χ0) is 32.6. The van der Waals surface area contributed by atoms with Crippen LogP contribution in [0.2, 0.25) is 0 Å². The van der Waals surface area contributed by atoms with Crippen molar-refractivity contribution < 1.29 is 52.7 Å². The number of hydrogen-bond acceptors (Lipinski definition) is 11. The van der Waals surface area contributed by atoms with E-state index in [4.69, 9.17) is 34.2 Å². The van der Waals surface area contributed by atoms with Crippen molar-refractivity contribution in [2.75, 3.05) is 13.2 Å². The lowest BCUT2D eigenvalue weighted by atomic mass is 9.78. The second kappa shape index (κ2) is 18.2. The molecule has 0 aromatic heterocycles. The Hall–Kier alpha value is -3.54. The number of carbonyl (C=O) groups excluding carboxylic acids is 3. The Morgan fingerprint density at radius 2 is 1.37 bits per heavy atom. The van der Waals surface area contributed by atoms with Crippen LogP contribution in [0.4, 0.5) is 14.4 Å². The second-order valence-corrected chi connectivity index (χ2v) is 11.2. The van der Waals surface area contributed by atoms with Gasteiger partial charge in [-0.1, -0.05) is 59.4 Å². The summed E-state index contributed by atoms with van der Waals surface area (Å²) in [4.78, 5) is 49.4. The molecule has 244 valence electrons. The molecule has 0 saturated carbocycles. The van der Waals surface area contributed by atoms with Gasteiger partial charge in [-0.05, 0) is 57.7 Å². The van der Waals surface area contributed by atoms with E-state index in [1.54, 1.807) is 20.8 Å². The quantitative estimate of drug-likeness (QED) is 0.0772. The van der Waals surface area contributed by atoms with E-state index < -0.39 is 47.6 Å². The highest BCUT2D eigenvalue weighted by molar-refractivity contribution is 5.80. The third-order valence-corrected chi connectivity index (χ3v) is 7.23. The minimum absolute atomic E-state index is 0.126. The molecule has 3 N–H and O–H groups in total. The standard InChI is InChI=1S/C31H49NO11/c1-8-11-13-17-38-27(35)41-24-16-15-23(19-25(24)42-28(36)39-18-14-12-9-2)20-31(32,26(33)34)21(4)22(5)40-29(37)43-30(6,7)10-3/h15-16,19,21-22H,8-14,17-18,20,32H2,1-7H3,(H,33,34)/t21-,22+,31-/m1/s1. The van der Waals surface area contributed by atoms with E-state index in [2.05, 4.69) is 0 Å². The topological polar surface area (TPSA) is 170 Å². The molecular weight excluding hydrogens is 562 g/mol. The van der Waals surface area contributed by atoms with Crippen LogP contribution in [-0.4, -0.2) is 60.0 Å². The van der Waals surface area contributed by atoms with Crippen LogP contribution < -0.4 is 15.2 Å². The number of hydrogen-bond donors (Lipinski definition) is 2. The van der Waals surface area contributed by atoms with E-state index in [9.17, 15) is 24.3 Å². The maximum absolute atomic E-state index is 12.4. The van der Waals surface area contributed by atoms with Crippen LogP contribution >= 0.6 is 0 Å². The van der Waals surface area contributed by atoms with Crippen LogP contribution in [0.15, 0.2) is 18.2 Å². The number of nitrogens with two attached hydrogens (primary N) is 1. The number of carboxylic acid groups (broad SMARTS) is 1. The summed E-state index contributed by atoms with van der Waals surface area (Å²) in [5.41, 5.74) is 4.09. The van der Waals surface area contributed by atoms with Gasteiger partial charge in [-0.25, -0.2) is 14.4 Å². The zero-order valence-electron chi connectivity index (χ0n) is 26.6. The summed E-state index contributed by atoms with van der Waals surface area (Å²) in [6.45, 7) is 12.7. The minimum Gasteiger partial charge on any atom is -0.480 e. The summed E-state index contributed by atoms with van der Waals surface area (Å²) < 4.78 is 31.5. The summed E-state index contributed by atoms with van der Waals surface area (Å²) in [6, 6.07) is 4.17. The van der Waals surface area contributed by atoms with Crippen LogP contribution in [-0.2, 0) is 30.2 Å². The monoisotopic (exact) mass is 611 g/mol. The van der Waals surface area contributed by atoms with Gasteiger partial charge >= 0.3 is 24.4 Å². The molecule has 1 rings (SSSR count). The lowest BCUT2D eigenvalue weighted by Crippen LogP contribution is -2.58. The van der Waals surface area contributed by atoms with E-state index in [0.717, 1.165) is 25.7 Å². The Kier molecular flexibility index (Phi) is 15.9. The van der Waals surface area contributed by atoms with Gasteiger partial charge in [0.05, 0.1) is 13.2 Å². The third kappa shape index (κ3) is 13.1. The van der Waals surface area contributed by atoms with E-state index in [1.165, 1.54) is 25.1 Å². The number of rotatable bonds is 18. The molecule has 12 nitrogen and oxygen atoms in total. The first kappa shape index (κ1) is 37.5. The Morgan fingerprint density at radius 1 is 0.837 bits per heavy atom. The largest absolute Gasteiger partial charge is 0.513 e. The van der Waals surface area contributed by atoms with E-state index >= 15 is 0 Å². The summed E-state index contributed by atoms with van der Waals surface area (Å²) in [6.07, 6.45) is 1.37. The normalized spacial score (nSPS) is 14.0. The van der Waals surface area contributed by atoms with Crippen LogP contribution in [0, 0.1) is 5.92 Å². The maximum Gasteiger partial charge on any atom is 0.513 e. The fourth-order valence-electron chi connectivity index (χ4n) is 3.84. The highest BCUT2D eigenvalue weighted by Gasteiger charge is 2.44. The third-order valence-electron chi connectivity index (χ3n) is 7.23. The molecule has 0 aliphatic rings. The number of unbranched alkanes of at least 4 members (excludes halogenated alkanes) is 4. The first-order valence-electron chi connectivity index (χ1n) is 14.9. The van der Waals surface area contributed by atoms with Crippen molar-refractivity contribution in [3.63, 3.8) is 0 Å². The Bertz CT molecular complexity index is 1060. The summed E-state index contributed by atoms with van der Waals surface area (Å²) in [5, 5.41) is 10.1. The molecule has 0 radical (unpaired) electrons. The van der Waals surface area contributed by atoms with Gasteiger partial charge in [0, 0.05) is 12.3 Å². The van der Waals surface area contributed by atoms with Crippen LogP contribution in [0.5, 0.6) is 11.5 Å². The Morgan fingerprint density at radius 3 is 1.86 bits per heavy atom. The smallest absolute Gasteiger partial charge is 0.480 e. The van der Waals surface area contributed by atoms with Crippen molar-refractivity contribution in [1.82, 2.24) is 0 Å².